The van der Waals surface area contributed by atoms with Crippen LogP contribution in [0.1, 0.15) is 63.2 Å². The molecule has 0 unspecified atom stereocenters. The molecule has 4 nitrogen and oxygen atoms in total. The van der Waals surface area contributed by atoms with Crippen LogP contribution in [-0.2, 0) is 10.8 Å². The van der Waals surface area contributed by atoms with Gasteiger partial charge in [0.2, 0.25) is 0 Å². The molecule has 0 radical (unpaired) electrons. The van der Waals surface area contributed by atoms with Crippen LogP contribution >= 0.6 is 11.6 Å². The number of carbonyl (C=O) groups excluding carboxylic acids is 1. The van der Waals surface area contributed by atoms with Crippen molar-refractivity contribution in [1.29, 1.82) is 0 Å². The number of rotatable bonds is 3. The van der Waals surface area contributed by atoms with E-state index >= 15 is 0 Å². The van der Waals surface area contributed by atoms with Crippen LogP contribution < -0.4 is 5.32 Å². The molecule has 0 atom stereocenters. The average molecular weight is 410 g/mol. The third kappa shape index (κ3) is 4.70. The van der Waals surface area contributed by atoms with E-state index in [2.05, 4.69) is 46.9 Å². The summed E-state index contributed by atoms with van der Waals surface area (Å²) in [5.74, 6) is 0.409. The third-order valence-corrected chi connectivity index (χ3v) is 5.13. The fourth-order valence-corrected chi connectivity index (χ4v) is 3.17. The van der Waals surface area contributed by atoms with Gasteiger partial charge in [0.25, 0.3) is 5.91 Å². The lowest BCUT2D eigenvalue weighted by molar-refractivity contribution is 0.102. The molecular weight excluding hydrogens is 382 g/mol. The van der Waals surface area contributed by atoms with Crippen LogP contribution in [0, 0.1) is 0 Å². The number of anilines is 1. The Morgan fingerprint density at radius 3 is 2.10 bits per heavy atom. The summed E-state index contributed by atoms with van der Waals surface area (Å²) < 4.78 is 1.70. The summed E-state index contributed by atoms with van der Waals surface area (Å²) in [4.78, 5) is 12.9. The van der Waals surface area contributed by atoms with Gasteiger partial charge in [-0.15, -0.1) is 0 Å². The fourth-order valence-electron chi connectivity index (χ4n) is 2.95. The predicted molar refractivity (Wildman–Crippen MR) is 120 cm³/mol. The average Bonchev–Trinajstić information content (AvgIpc) is 3.05. The molecule has 1 aromatic heterocycles. The number of benzene rings is 2. The van der Waals surface area contributed by atoms with E-state index in [4.69, 9.17) is 16.7 Å². The summed E-state index contributed by atoms with van der Waals surface area (Å²) >= 11 is 6.39. The number of carbonyl (C=O) groups is 1. The standard InChI is InChI=1S/C24H28ClN3O/c1-23(2,3)17-13-11-16(12-14-17)22(29)26-21-15-20(24(4,5)6)27-28(21)19-10-8-7-9-18(19)25/h7-15H,1-6H3,(H,26,29). The van der Waals surface area contributed by atoms with Gasteiger partial charge in [-0.25, -0.2) is 4.68 Å². The van der Waals surface area contributed by atoms with Gasteiger partial charge in [-0.2, -0.15) is 5.10 Å². The van der Waals surface area contributed by atoms with Gasteiger partial charge in [0.15, 0.2) is 0 Å². The van der Waals surface area contributed by atoms with E-state index in [1.165, 1.54) is 5.56 Å². The smallest absolute Gasteiger partial charge is 0.256 e. The maximum absolute atomic E-state index is 12.9. The first kappa shape index (κ1) is 21.1. The Morgan fingerprint density at radius 2 is 1.55 bits per heavy atom. The zero-order valence-electron chi connectivity index (χ0n) is 17.9. The Morgan fingerprint density at radius 1 is 0.931 bits per heavy atom. The molecule has 3 aromatic rings. The number of hydrogen-bond donors (Lipinski definition) is 1. The second kappa shape index (κ2) is 7.68. The molecule has 0 fully saturated rings. The van der Waals surface area contributed by atoms with Crippen LogP contribution in [0.3, 0.4) is 0 Å². The molecule has 0 aliphatic carbocycles. The maximum atomic E-state index is 12.9. The first-order chi connectivity index (χ1) is 13.5. The van der Waals surface area contributed by atoms with Gasteiger partial charge in [-0.05, 0) is 35.2 Å². The number of nitrogens with zero attached hydrogens (tertiary/aromatic N) is 2. The second-order valence-electron chi connectivity index (χ2n) is 9.31. The molecule has 1 N–H and O–H groups in total. The van der Waals surface area contributed by atoms with Crippen molar-refractivity contribution >= 4 is 23.3 Å². The van der Waals surface area contributed by atoms with Crippen LogP contribution in [0.25, 0.3) is 5.69 Å². The fraction of sp³-hybridized carbons (Fsp3) is 0.333. The van der Waals surface area contributed by atoms with Crippen molar-refractivity contribution in [3.05, 3.63) is 76.4 Å². The van der Waals surface area contributed by atoms with E-state index in [-0.39, 0.29) is 16.7 Å². The van der Waals surface area contributed by atoms with Gasteiger partial charge in [-0.3, -0.25) is 4.79 Å². The minimum absolute atomic E-state index is 0.0410. The summed E-state index contributed by atoms with van der Waals surface area (Å²) in [5.41, 5.74) is 3.26. The first-order valence-corrected chi connectivity index (χ1v) is 10.1. The number of hydrogen-bond acceptors (Lipinski definition) is 2. The summed E-state index contributed by atoms with van der Waals surface area (Å²) in [5, 5.41) is 8.30. The summed E-state index contributed by atoms with van der Waals surface area (Å²) in [7, 11) is 0. The van der Waals surface area contributed by atoms with Gasteiger partial charge < -0.3 is 5.32 Å². The van der Waals surface area contributed by atoms with E-state index < -0.39 is 0 Å². The lowest BCUT2D eigenvalue weighted by atomic mass is 9.87. The number of nitrogens with one attached hydrogen (secondary N) is 1. The van der Waals surface area contributed by atoms with E-state index in [0.717, 1.165) is 11.4 Å². The van der Waals surface area contributed by atoms with E-state index in [9.17, 15) is 4.79 Å². The van der Waals surface area contributed by atoms with Gasteiger partial charge in [0.05, 0.1) is 16.4 Å². The maximum Gasteiger partial charge on any atom is 0.256 e. The van der Waals surface area contributed by atoms with Crippen molar-refractivity contribution in [2.24, 2.45) is 0 Å². The Kier molecular flexibility index (Phi) is 5.59. The SMILES string of the molecule is CC(C)(C)c1ccc(C(=O)Nc2cc(C(C)(C)C)nn2-c2ccccc2Cl)cc1. The highest BCUT2D eigenvalue weighted by atomic mass is 35.5. The molecule has 1 amide bonds. The zero-order valence-corrected chi connectivity index (χ0v) is 18.6. The molecule has 0 bridgehead atoms. The summed E-state index contributed by atoms with van der Waals surface area (Å²) in [6.45, 7) is 12.7. The van der Waals surface area contributed by atoms with Gasteiger partial charge in [0.1, 0.15) is 5.82 Å². The molecule has 1 heterocycles. The Labute approximate surface area is 177 Å². The molecule has 0 aliphatic heterocycles. The largest absolute Gasteiger partial charge is 0.306 e. The monoisotopic (exact) mass is 409 g/mol. The highest BCUT2D eigenvalue weighted by molar-refractivity contribution is 6.32. The van der Waals surface area contributed by atoms with Crippen LogP contribution in [0.2, 0.25) is 5.02 Å². The van der Waals surface area contributed by atoms with Crippen LogP contribution in [-0.4, -0.2) is 15.7 Å². The van der Waals surface area contributed by atoms with Crippen molar-refractivity contribution in [1.82, 2.24) is 9.78 Å². The molecule has 3 rings (SSSR count). The zero-order chi connectivity index (χ0) is 21.4. The highest BCUT2D eigenvalue weighted by Crippen LogP contribution is 2.29. The molecule has 29 heavy (non-hydrogen) atoms. The minimum atomic E-state index is -0.181. The highest BCUT2D eigenvalue weighted by Gasteiger charge is 2.23. The Hall–Kier alpha value is -2.59. The molecule has 152 valence electrons. The van der Waals surface area contributed by atoms with E-state index in [0.29, 0.717) is 16.4 Å². The number of aromatic nitrogens is 2. The number of halogens is 1. The van der Waals surface area contributed by atoms with Crippen LogP contribution in [0.15, 0.2) is 54.6 Å². The lowest BCUT2D eigenvalue weighted by Crippen LogP contribution is -2.16. The van der Waals surface area contributed by atoms with Crippen molar-refractivity contribution in [2.75, 3.05) is 5.32 Å². The Balaban J connectivity index is 1.97. The predicted octanol–water partition coefficient (Wildman–Crippen LogP) is 6.37. The van der Waals surface area contributed by atoms with Crippen molar-refractivity contribution < 1.29 is 4.79 Å². The topological polar surface area (TPSA) is 46.9 Å². The molecule has 0 saturated heterocycles. The lowest BCUT2D eigenvalue weighted by Gasteiger charge is -2.19. The normalized spacial score (nSPS) is 12.1. The minimum Gasteiger partial charge on any atom is -0.306 e. The van der Waals surface area contributed by atoms with Gasteiger partial charge in [-0.1, -0.05) is 77.4 Å². The molecular formula is C24H28ClN3O. The molecule has 0 saturated carbocycles. The van der Waals surface area contributed by atoms with Crippen LogP contribution in [0.5, 0.6) is 0 Å². The number of para-hydroxylation sites is 1. The summed E-state index contributed by atoms with van der Waals surface area (Å²) in [6.07, 6.45) is 0. The molecule has 0 spiro atoms. The molecule has 2 aromatic carbocycles. The van der Waals surface area contributed by atoms with Crippen molar-refractivity contribution in [3.63, 3.8) is 0 Å². The van der Waals surface area contributed by atoms with E-state index in [1.807, 2.05) is 54.6 Å². The van der Waals surface area contributed by atoms with Gasteiger partial charge >= 0.3 is 0 Å². The summed E-state index contributed by atoms with van der Waals surface area (Å²) in [6, 6.07) is 17.1. The van der Waals surface area contributed by atoms with Gasteiger partial charge in [0, 0.05) is 17.0 Å². The quantitative estimate of drug-likeness (QED) is 0.546. The van der Waals surface area contributed by atoms with E-state index in [1.54, 1.807) is 4.68 Å². The Bertz CT molecular complexity index is 1020. The van der Waals surface area contributed by atoms with Crippen molar-refractivity contribution in [2.45, 2.75) is 52.4 Å². The first-order valence-electron chi connectivity index (χ1n) is 9.74. The number of amides is 1. The van der Waals surface area contributed by atoms with Crippen molar-refractivity contribution in [3.8, 4) is 5.69 Å². The third-order valence-electron chi connectivity index (χ3n) is 4.81. The molecule has 5 heteroatoms. The van der Waals surface area contributed by atoms with Crippen LogP contribution in [0.4, 0.5) is 5.82 Å². The second-order valence-corrected chi connectivity index (χ2v) is 9.72. The molecule has 0 aliphatic rings.